The number of nitrogens with zero attached hydrogens (tertiary/aromatic N) is 2. The van der Waals surface area contributed by atoms with E-state index in [2.05, 4.69) is 31.9 Å². The van der Waals surface area contributed by atoms with Gasteiger partial charge in [0.1, 0.15) is 5.82 Å². The molecule has 0 unspecified atom stereocenters. The van der Waals surface area contributed by atoms with E-state index in [9.17, 15) is 0 Å². The van der Waals surface area contributed by atoms with Crippen molar-refractivity contribution < 1.29 is 0 Å². The van der Waals surface area contributed by atoms with Gasteiger partial charge in [-0.25, -0.2) is 4.98 Å². The highest BCUT2D eigenvalue weighted by atomic mass is 79.9. The van der Waals surface area contributed by atoms with Crippen LogP contribution in [-0.2, 0) is 0 Å². The molecule has 2 nitrogen and oxygen atoms in total. The molecule has 2 fully saturated rings. The SMILES string of the molecule is Brc1ccnc(N2CC3(CC3)C2)c1. The molecule has 1 aromatic heterocycles. The molecule has 2 aliphatic rings. The van der Waals surface area contributed by atoms with E-state index >= 15 is 0 Å². The number of pyridine rings is 1. The number of halogens is 1. The standard InChI is InChI=1S/C10H11BrN2/c11-8-1-4-12-9(5-8)13-6-10(7-13)2-3-10/h1,4-5H,2-3,6-7H2. The average Bonchev–Trinajstić information content (AvgIpc) is 2.80. The molecule has 3 rings (SSSR count). The van der Waals surface area contributed by atoms with Crippen LogP contribution in [0.3, 0.4) is 0 Å². The zero-order valence-electron chi connectivity index (χ0n) is 7.33. The van der Waals surface area contributed by atoms with Crippen LogP contribution in [-0.4, -0.2) is 18.1 Å². The minimum Gasteiger partial charge on any atom is -0.355 e. The van der Waals surface area contributed by atoms with Gasteiger partial charge in [0.05, 0.1) is 0 Å². The van der Waals surface area contributed by atoms with E-state index in [0.717, 1.165) is 10.3 Å². The summed E-state index contributed by atoms with van der Waals surface area (Å²) in [5, 5.41) is 0. The summed E-state index contributed by atoms with van der Waals surface area (Å²) in [6.07, 6.45) is 4.71. The van der Waals surface area contributed by atoms with Crippen LogP contribution in [0.25, 0.3) is 0 Å². The van der Waals surface area contributed by atoms with E-state index in [4.69, 9.17) is 0 Å². The maximum absolute atomic E-state index is 4.35. The minimum atomic E-state index is 0.712. The molecule has 1 saturated heterocycles. The molecule has 1 saturated carbocycles. The minimum absolute atomic E-state index is 0.712. The van der Waals surface area contributed by atoms with Crippen molar-refractivity contribution in [3.63, 3.8) is 0 Å². The van der Waals surface area contributed by atoms with Crippen molar-refractivity contribution in [2.75, 3.05) is 18.0 Å². The lowest BCUT2D eigenvalue weighted by Gasteiger charge is -2.40. The molecule has 1 aromatic rings. The molecule has 1 aliphatic carbocycles. The van der Waals surface area contributed by atoms with Gasteiger partial charge in [-0.15, -0.1) is 0 Å². The number of aromatic nitrogens is 1. The Morgan fingerprint density at radius 2 is 2.15 bits per heavy atom. The molecule has 1 spiro atoms. The molecule has 3 heteroatoms. The zero-order chi connectivity index (χ0) is 8.89. The van der Waals surface area contributed by atoms with Gasteiger partial charge >= 0.3 is 0 Å². The Morgan fingerprint density at radius 3 is 2.77 bits per heavy atom. The highest BCUT2D eigenvalue weighted by Gasteiger charge is 2.52. The second kappa shape index (κ2) is 2.47. The van der Waals surface area contributed by atoms with E-state index < -0.39 is 0 Å². The van der Waals surface area contributed by atoms with Crippen LogP contribution in [0.2, 0.25) is 0 Å². The molecule has 13 heavy (non-hydrogen) atoms. The Bertz CT molecular complexity index is 339. The number of hydrogen-bond donors (Lipinski definition) is 0. The van der Waals surface area contributed by atoms with Crippen molar-refractivity contribution in [1.82, 2.24) is 4.98 Å². The van der Waals surface area contributed by atoms with Crippen molar-refractivity contribution in [3.05, 3.63) is 22.8 Å². The van der Waals surface area contributed by atoms with Gasteiger partial charge in [-0.05, 0) is 25.0 Å². The van der Waals surface area contributed by atoms with Gasteiger partial charge in [-0.2, -0.15) is 0 Å². The first-order valence-corrected chi connectivity index (χ1v) is 5.43. The summed E-state index contributed by atoms with van der Waals surface area (Å²) in [6.45, 7) is 2.44. The normalized spacial score (nSPS) is 23.0. The summed E-state index contributed by atoms with van der Waals surface area (Å²) >= 11 is 3.46. The molecule has 0 amide bonds. The molecule has 1 aliphatic heterocycles. The van der Waals surface area contributed by atoms with Gasteiger partial charge < -0.3 is 4.90 Å². The molecule has 0 N–H and O–H groups in total. The highest BCUT2D eigenvalue weighted by Crippen LogP contribution is 2.53. The average molecular weight is 239 g/mol. The highest BCUT2D eigenvalue weighted by molar-refractivity contribution is 9.10. The predicted octanol–water partition coefficient (Wildman–Crippen LogP) is 2.44. The lowest BCUT2D eigenvalue weighted by Crippen LogP contribution is -2.48. The van der Waals surface area contributed by atoms with Crippen molar-refractivity contribution >= 4 is 21.7 Å². The van der Waals surface area contributed by atoms with Gasteiger partial charge in [0.25, 0.3) is 0 Å². The molecular formula is C10H11BrN2. The number of rotatable bonds is 1. The van der Waals surface area contributed by atoms with Crippen LogP contribution in [0.5, 0.6) is 0 Å². The summed E-state index contributed by atoms with van der Waals surface area (Å²) in [5.41, 5.74) is 0.712. The first kappa shape index (κ1) is 7.80. The largest absolute Gasteiger partial charge is 0.355 e. The quantitative estimate of drug-likeness (QED) is 0.748. The fourth-order valence-corrected chi connectivity index (χ4v) is 2.31. The smallest absolute Gasteiger partial charge is 0.129 e. The molecular weight excluding hydrogens is 228 g/mol. The maximum Gasteiger partial charge on any atom is 0.129 e. The summed E-state index contributed by atoms with van der Waals surface area (Å²) in [6, 6.07) is 4.06. The molecule has 0 radical (unpaired) electrons. The van der Waals surface area contributed by atoms with Gasteiger partial charge in [0.15, 0.2) is 0 Å². The first-order chi connectivity index (χ1) is 6.27. The van der Waals surface area contributed by atoms with Crippen molar-refractivity contribution in [2.45, 2.75) is 12.8 Å². The van der Waals surface area contributed by atoms with E-state index in [1.54, 1.807) is 0 Å². The monoisotopic (exact) mass is 238 g/mol. The summed E-state index contributed by atoms with van der Waals surface area (Å²) in [4.78, 5) is 6.71. The van der Waals surface area contributed by atoms with Crippen LogP contribution >= 0.6 is 15.9 Å². The van der Waals surface area contributed by atoms with Crippen LogP contribution in [0.1, 0.15) is 12.8 Å². The van der Waals surface area contributed by atoms with E-state index in [1.807, 2.05) is 12.3 Å². The fourth-order valence-electron chi connectivity index (χ4n) is 1.98. The summed E-state index contributed by atoms with van der Waals surface area (Å²) in [7, 11) is 0. The van der Waals surface area contributed by atoms with E-state index in [1.165, 1.54) is 25.9 Å². The van der Waals surface area contributed by atoms with Gasteiger partial charge in [-0.3, -0.25) is 0 Å². The molecule has 2 heterocycles. The Hall–Kier alpha value is -0.570. The second-order valence-electron chi connectivity index (χ2n) is 4.19. The third-order valence-corrected chi connectivity index (χ3v) is 3.53. The third kappa shape index (κ3) is 1.26. The Kier molecular flexibility index (Phi) is 1.48. The lowest BCUT2D eigenvalue weighted by atomic mass is 9.97. The molecule has 0 atom stereocenters. The topological polar surface area (TPSA) is 16.1 Å². The van der Waals surface area contributed by atoms with Crippen LogP contribution in [0.4, 0.5) is 5.82 Å². The van der Waals surface area contributed by atoms with Crippen LogP contribution < -0.4 is 4.90 Å². The Balaban J connectivity index is 1.78. The Morgan fingerprint density at radius 1 is 1.38 bits per heavy atom. The number of anilines is 1. The Labute approximate surface area is 86.1 Å². The fraction of sp³-hybridized carbons (Fsp3) is 0.500. The van der Waals surface area contributed by atoms with Crippen LogP contribution in [0.15, 0.2) is 22.8 Å². The third-order valence-electron chi connectivity index (χ3n) is 3.04. The number of hydrogen-bond acceptors (Lipinski definition) is 2. The molecule has 0 bridgehead atoms. The zero-order valence-corrected chi connectivity index (χ0v) is 8.92. The molecule has 0 aromatic carbocycles. The van der Waals surface area contributed by atoms with Crippen molar-refractivity contribution in [1.29, 1.82) is 0 Å². The molecule has 68 valence electrons. The maximum atomic E-state index is 4.35. The van der Waals surface area contributed by atoms with Gasteiger partial charge in [-0.1, -0.05) is 15.9 Å². The van der Waals surface area contributed by atoms with E-state index in [-0.39, 0.29) is 0 Å². The van der Waals surface area contributed by atoms with Crippen molar-refractivity contribution in [2.24, 2.45) is 5.41 Å². The van der Waals surface area contributed by atoms with Crippen molar-refractivity contribution in [3.8, 4) is 0 Å². The van der Waals surface area contributed by atoms with Gasteiger partial charge in [0.2, 0.25) is 0 Å². The first-order valence-electron chi connectivity index (χ1n) is 4.64. The predicted molar refractivity (Wildman–Crippen MR) is 55.8 cm³/mol. The second-order valence-corrected chi connectivity index (χ2v) is 5.10. The van der Waals surface area contributed by atoms with Gasteiger partial charge in [0, 0.05) is 29.2 Å². The summed E-state index contributed by atoms with van der Waals surface area (Å²) < 4.78 is 1.12. The summed E-state index contributed by atoms with van der Waals surface area (Å²) in [5.74, 6) is 1.12. The lowest BCUT2D eigenvalue weighted by molar-refractivity contribution is 0.384. The van der Waals surface area contributed by atoms with E-state index in [0.29, 0.717) is 5.41 Å². The van der Waals surface area contributed by atoms with Crippen LogP contribution in [0, 0.1) is 5.41 Å².